The number of nitrogens with two attached hydrogens (primary N) is 1. The van der Waals surface area contributed by atoms with Crippen LogP contribution in [0.5, 0.6) is 5.75 Å². The molecule has 25 heavy (non-hydrogen) atoms. The number of nitriles is 1. The fourth-order valence-electron chi connectivity index (χ4n) is 2.76. The highest BCUT2D eigenvalue weighted by atomic mass is 32.2. The van der Waals surface area contributed by atoms with Gasteiger partial charge >= 0.3 is 0 Å². The lowest BCUT2D eigenvalue weighted by Gasteiger charge is -2.43. The van der Waals surface area contributed by atoms with E-state index in [-0.39, 0.29) is 6.61 Å². The summed E-state index contributed by atoms with van der Waals surface area (Å²) in [6.45, 7) is 3.04. The summed E-state index contributed by atoms with van der Waals surface area (Å²) in [7, 11) is 0. The van der Waals surface area contributed by atoms with Crippen LogP contribution in [-0.4, -0.2) is 58.3 Å². The molecule has 1 atom stereocenters. The van der Waals surface area contributed by atoms with E-state index in [1.54, 1.807) is 24.3 Å². The number of alkyl halides is 1. The van der Waals surface area contributed by atoms with Gasteiger partial charge in [0.15, 0.2) is 0 Å². The minimum absolute atomic E-state index is 0.0146. The zero-order valence-corrected chi connectivity index (χ0v) is 14.5. The molecule has 1 aromatic rings. The minimum atomic E-state index is -2.36. The Morgan fingerprint density at radius 2 is 2.04 bits per heavy atom. The molecule has 0 aromatic heterocycles. The van der Waals surface area contributed by atoms with E-state index >= 15 is 0 Å². The number of benzene rings is 1. The number of likely N-dealkylation sites (tertiary alicyclic amines) is 1. The Bertz CT molecular complexity index is 624. The maximum Gasteiger partial charge on any atom is 0.147 e. The maximum absolute atomic E-state index is 14.8. The van der Waals surface area contributed by atoms with E-state index in [0.29, 0.717) is 30.2 Å². The lowest BCUT2D eigenvalue weighted by atomic mass is 9.93. The van der Waals surface area contributed by atoms with Crippen molar-refractivity contribution in [2.45, 2.75) is 24.6 Å². The smallest absolute Gasteiger partial charge is 0.147 e. The van der Waals surface area contributed by atoms with Gasteiger partial charge in [-0.05, 0) is 25.0 Å². The Balaban J connectivity index is 0.000000511. The number of hydrogen-bond donors (Lipinski definition) is 1. The predicted octanol–water partition coefficient (Wildman–Crippen LogP) is 0.879. The Labute approximate surface area is 148 Å². The third-order valence-corrected chi connectivity index (χ3v) is 4.32. The highest BCUT2D eigenvalue weighted by Crippen LogP contribution is 2.30. The van der Waals surface area contributed by atoms with Crippen LogP contribution in [-0.2, 0) is 16.0 Å². The van der Waals surface area contributed by atoms with Crippen LogP contribution in [0.15, 0.2) is 24.3 Å². The number of piperidine rings is 1. The number of para-hydroxylation sites is 1. The van der Waals surface area contributed by atoms with Crippen molar-refractivity contribution in [3.8, 4) is 11.8 Å². The molecule has 1 aromatic carbocycles. The van der Waals surface area contributed by atoms with Crippen LogP contribution in [0.4, 0.5) is 4.39 Å². The van der Waals surface area contributed by atoms with Gasteiger partial charge in [0, 0.05) is 24.4 Å². The molecular formula is C16H21FN3O4S-. The summed E-state index contributed by atoms with van der Waals surface area (Å²) in [5.74, 6) is 0.465. The van der Waals surface area contributed by atoms with Crippen LogP contribution in [0, 0.1) is 11.3 Å². The Hall–Kier alpha value is -1.57. The number of hydrogen-bond acceptors (Lipinski definition) is 6. The van der Waals surface area contributed by atoms with Gasteiger partial charge in [-0.3, -0.25) is 14.2 Å². The second kappa shape index (κ2) is 9.22. The third kappa shape index (κ3) is 6.02. The number of nitrogens with zero attached hydrogens (tertiary/aromatic N) is 2. The van der Waals surface area contributed by atoms with Crippen LogP contribution >= 0.6 is 0 Å². The zero-order valence-electron chi connectivity index (χ0n) is 13.7. The number of ether oxygens (including phenoxy) is 2. The molecule has 0 amide bonds. The average molecular weight is 370 g/mol. The average Bonchev–Trinajstić information content (AvgIpc) is 2.53. The monoisotopic (exact) mass is 370 g/mol. The van der Waals surface area contributed by atoms with Crippen molar-refractivity contribution in [2.75, 3.05) is 32.9 Å². The first-order chi connectivity index (χ1) is 11.9. The Morgan fingerprint density at radius 1 is 1.44 bits per heavy atom. The molecule has 0 radical (unpaired) electrons. The topological polar surface area (TPSA) is 112 Å². The molecule has 2 N–H and O–H groups in total. The van der Waals surface area contributed by atoms with Crippen LogP contribution in [0.1, 0.15) is 18.4 Å². The van der Waals surface area contributed by atoms with E-state index in [1.165, 1.54) is 0 Å². The van der Waals surface area contributed by atoms with Gasteiger partial charge in [-0.25, -0.2) is 4.39 Å². The maximum atomic E-state index is 14.8. The fraction of sp³-hybridized carbons (Fsp3) is 0.562. The molecule has 2 fully saturated rings. The van der Waals surface area contributed by atoms with E-state index in [1.807, 2.05) is 0 Å². The molecule has 9 heteroatoms. The molecule has 2 aliphatic heterocycles. The van der Waals surface area contributed by atoms with Crippen molar-refractivity contribution in [3.63, 3.8) is 0 Å². The van der Waals surface area contributed by atoms with Crippen molar-refractivity contribution in [2.24, 2.45) is 5.14 Å². The quantitative estimate of drug-likeness (QED) is 0.788. The first-order valence-corrected chi connectivity index (χ1v) is 9.04. The van der Waals surface area contributed by atoms with E-state index in [9.17, 15) is 4.39 Å². The third-order valence-electron chi connectivity index (χ3n) is 4.32. The van der Waals surface area contributed by atoms with Gasteiger partial charge in [-0.1, -0.05) is 12.1 Å². The van der Waals surface area contributed by atoms with Gasteiger partial charge in [0.25, 0.3) is 0 Å². The summed E-state index contributed by atoms with van der Waals surface area (Å²) < 4.78 is 43.1. The standard InChI is InChI=1S/C16H19FN2O2.H3NO2S/c17-16(5-7-19(8-6-16)14-10-20-11-14)12-21-15-4-2-1-3-13(15)9-18;1-4(2)3/h1-4,14H,5-8,10-12H2;1H2,(H,2,3)/p-1. The van der Waals surface area contributed by atoms with Crippen molar-refractivity contribution in [1.82, 2.24) is 4.90 Å². The van der Waals surface area contributed by atoms with Gasteiger partial charge in [-0.15, -0.1) is 0 Å². The van der Waals surface area contributed by atoms with E-state index < -0.39 is 16.9 Å². The number of rotatable bonds is 4. The fourth-order valence-corrected chi connectivity index (χ4v) is 2.76. The molecule has 0 saturated carbocycles. The van der Waals surface area contributed by atoms with Crippen molar-refractivity contribution < 1.29 is 22.6 Å². The Morgan fingerprint density at radius 3 is 2.56 bits per heavy atom. The SMILES string of the molecule is N#Cc1ccccc1OCC1(F)CCN(C2COC2)CC1.NS(=O)[O-]. The second-order valence-corrected chi connectivity index (χ2v) is 6.56. The van der Waals surface area contributed by atoms with Crippen LogP contribution in [0.2, 0.25) is 0 Å². The summed E-state index contributed by atoms with van der Waals surface area (Å²) in [4.78, 5) is 2.30. The van der Waals surface area contributed by atoms with E-state index in [2.05, 4.69) is 16.1 Å². The predicted molar refractivity (Wildman–Crippen MR) is 89.0 cm³/mol. The molecule has 0 bridgehead atoms. The lowest BCUT2D eigenvalue weighted by molar-refractivity contribution is -0.0890. The molecule has 0 spiro atoms. The molecule has 7 nitrogen and oxygen atoms in total. The molecule has 2 saturated heterocycles. The van der Waals surface area contributed by atoms with Gasteiger partial charge in [-0.2, -0.15) is 5.26 Å². The number of halogens is 1. The van der Waals surface area contributed by atoms with Crippen LogP contribution in [0.3, 0.4) is 0 Å². The largest absolute Gasteiger partial charge is 0.760 e. The van der Waals surface area contributed by atoms with Crippen molar-refractivity contribution in [3.05, 3.63) is 29.8 Å². The zero-order chi connectivity index (χ0) is 18.3. The molecular weight excluding hydrogens is 349 g/mol. The van der Waals surface area contributed by atoms with Crippen LogP contribution < -0.4 is 9.88 Å². The van der Waals surface area contributed by atoms with Crippen molar-refractivity contribution >= 4 is 11.3 Å². The molecule has 2 heterocycles. The summed E-state index contributed by atoms with van der Waals surface area (Å²) in [5, 5.41) is 13.0. The Kier molecular flexibility index (Phi) is 7.28. The summed E-state index contributed by atoms with van der Waals surface area (Å²) in [6.07, 6.45) is 0.941. The van der Waals surface area contributed by atoms with Crippen LogP contribution in [0.25, 0.3) is 0 Å². The molecule has 1 unspecified atom stereocenters. The second-order valence-electron chi connectivity index (χ2n) is 6.04. The first kappa shape index (κ1) is 19.8. The molecule has 3 rings (SSSR count). The van der Waals surface area contributed by atoms with Crippen molar-refractivity contribution in [1.29, 1.82) is 5.26 Å². The minimum Gasteiger partial charge on any atom is -0.760 e. The van der Waals surface area contributed by atoms with Gasteiger partial charge < -0.3 is 14.0 Å². The van der Waals surface area contributed by atoms with E-state index in [4.69, 9.17) is 23.5 Å². The lowest BCUT2D eigenvalue weighted by Crippen LogP contribution is -2.55. The highest BCUT2D eigenvalue weighted by molar-refractivity contribution is 7.76. The normalized spacial score (nSPS) is 21.2. The summed E-state index contributed by atoms with van der Waals surface area (Å²) in [5.41, 5.74) is -0.853. The first-order valence-electron chi connectivity index (χ1n) is 7.90. The highest BCUT2D eigenvalue weighted by Gasteiger charge is 2.38. The van der Waals surface area contributed by atoms with Gasteiger partial charge in [0.05, 0.1) is 24.8 Å². The molecule has 0 aliphatic carbocycles. The van der Waals surface area contributed by atoms with E-state index in [0.717, 1.165) is 26.3 Å². The summed E-state index contributed by atoms with van der Waals surface area (Å²) >= 11 is -2.36. The summed E-state index contributed by atoms with van der Waals surface area (Å²) in [6, 6.07) is 9.49. The van der Waals surface area contributed by atoms with Gasteiger partial charge in [0.1, 0.15) is 24.1 Å². The van der Waals surface area contributed by atoms with Gasteiger partial charge in [0.2, 0.25) is 0 Å². The molecule has 138 valence electrons. The molecule has 2 aliphatic rings.